The molecule has 4 rings (SSSR count). The van der Waals surface area contributed by atoms with Gasteiger partial charge in [0.15, 0.2) is 0 Å². The Bertz CT molecular complexity index is 1200. The lowest BCUT2D eigenvalue weighted by Crippen LogP contribution is -2.24. The summed E-state index contributed by atoms with van der Waals surface area (Å²) in [6.45, 7) is 1.72. The molecule has 2 aromatic rings. The van der Waals surface area contributed by atoms with E-state index in [0.29, 0.717) is 22.5 Å². The van der Waals surface area contributed by atoms with E-state index in [9.17, 15) is 23.8 Å². The van der Waals surface area contributed by atoms with E-state index >= 15 is 0 Å². The zero-order valence-electron chi connectivity index (χ0n) is 14.1. The number of hydrogen-bond acceptors (Lipinski definition) is 6. The molecule has 0 aromatic heterocycles. The molecule has 1 atom stereocenters. The van der Waals surface area contributed by atoms with Gasteiger partial charge in [0.1, 0.15) is 0 Å². The number of fused-ring (bicyclic) bond motifs is 2. The van der Waals surface area contributed by atoms with E-state index < -0.39 is 20.7 Å². The molecule has 0 spiro atoms. The second-order valence-corrected chi connectivity index (χ2v) is 8.18. The summed E-state index contributed by atoms with van der Waals surface area (Å²) in [4.78, 5) is 10.7. The van der Waals surface area contributed by atoms with Gasteiger partial charge in [0.05, 0.1) is 38.0 Å². The van der Waals surface area contributed by atoms with Crippen LogP contribution in [0.4, 0.5) is 5.69 Å². The van der Waals surface area contributed by atoms with E-state index in [0.717, 1.165) is 0 Å². The number of nitrogens with one attached hydrogen (secondary N) is 1. The van der Waals surface area contributed by atoms with Crippen molar-refractivity contribution in [3.63, 3.8) is 0 Å². The molecule has 2 heterocycles. The van der Waals surface area contributed by atoms with Crippen LogP contribution in [0.2, 0.25) is 0 Å². The fraction of sp³-hybridized carbons (Fsp3) is 0.105. The van der Waals surface area contributed by atoms with Gasteiger partial charge in [-0.15, -0.1) is 0 Å². The summed E-state index contributed by atoms with van der Waals surface area (Å²) in [5, 5.41) is 23.7. The largest absolute Gasteiger partial charge is 0.357 e. The molecule has 1 N–H and O–H groups in total. The molecule has 2 aliphatic rings. The standard InChI is InChI=1S/C19H13N3O4S/c1-11-15(10-20)17(12-6-8-13(9-7-12)22(23)24)19-18(21-11)14-4-2-3-5-16(14)27(19,25)26/h2-9,17,21H,1H3/t17-/m1/s1. The average Bonchev–Trinajstić information content (AvgIpc) is 2.88. The van der Waals surface area contributed by atoms with Crippen molar-refractivity contribution in [3.05, 3.63) is 85.9 Å². The normalized spacial score (nSPS) is 19.8. The summed E-state index contributed by atoms with van der Waals surface area (Å²) in [6.07, 6.45) is 0. The van der Waals surface area contributed by atoms with Gasteiger partial charge >= 0.3 is 0 Å². The molecular weight excluding hydrogens is 366 g/mol. The summed E-state index contributed by atoms with van der Waals surface area (Å²) < 4.78 is 26.4. The van der Waals surface area contributed by atoms with E-state index in [2.05, 4.69) is 11.4 Å². The molecule has 0 amide bonds. The first-order valence-corrected chi connectivity index (χ1v) is 9.55. The van der Waals surface area contributed by atoms with Gasteiger partial charge in [-0.1, -0.05) is 30.3 Å². The van der Waals surface area contributed by atoms with Crippen LogP contribution in [0.3, 0.4) is 0 Å². The highest BCUT2D eigenvalue weighted by atomic mass is 32.2. The number of nitro benzene ring substituents is 1. The predicted octanol–water partition coefficient (Wildman–Crippen LogP) is 3.24. The van der Waals surface area contributed by atoms with Crippen LogP contribution in [0.5, 0.6) is 0 Å². The van der Waals surface area contributed by atoms with Crippen molar-refractivity contribution in [2.75, 3.05) is 0 Å². The number of nitro groups is 1. The fourth-order valence-corrected chi connectivity index (χ4v) is 5.53. The number of non-ortho nitro benzene ring substituents is 1. The SMILES string of the molecule is CC1=C(C#N)[C@@H](c2ccc([N+](=O)[O-])cc2)C2=C(N1)c1ccccc1S2(=O)=O. The van der Waals surface area contributed by atoms with Crippen molar-refractivity contribution in [2.24, 2.45) is 0 Å². The third-order valence-corrected chi connectivity index (χ3v) is 6.76. The zero-order chi connectivity index (χ0) is 19.3. The molecule has 0 unspecified atom stereocenters. The van der Waals surface area contributed by atoms with E-state index in [1.165, 1.54) is 24.3 Å². The average molecular weight is 379 g/mol. The lowest BCUT2D eigenvalue weighted by molar-refractivity contribution is -0.384. The molecule has 7 nitrogen and oxygen atoms in total. The van der Waals surface area contributed by atoms with Crippen molar-refractivity contribution in [2.45, 2.75) is 17.7 Å². The van der Waals surface area contributed by atoms with Crippen molar-refractivity contribution in [3.8, 4) is 6.07 Å². The van der Waals surface area contributed by atoms with Crippen molar-refractivity contribution in [1.82, 2.24) is 5.32 Å². The van der Waals surface area contributed by atoms with Crippen LogP contribution in [0.1, 0.15) is 24.0 Å². The maximum atomic E-state index is 13.2. The quantitative estimate of drug-likeness (QED) is 0.633. The smallest absolute Gasteiger partial charge is 0.269 e. The highest BCUT2D eigenvalue weighted by Crippen LogP contribution is 2.50. The lowest BCUT2D eigenvalue weighted by Gasteiger charge is -2.26. The number of dihydropyridines is 1. The molecule has 2 aromatic carbocycles. The predicted molar refractivity (Wildman–Crippen MR) is 97.8 cm³/mol. The topological polar surface area (TPSA) is 113 Å². The van der Waals surface area contributed by atoms with Crippen LogP contribution in [0.15, 0.2) is 69.6 Å². The van der Waals surface area contributed by atoms with Gasteiger partial charge in [-0.2, -0.15) is 5.26 Å². The van der Waals surface area contributed by atoms with E-state index in [1.807, 2.05) is 0 Å². The minimum absolute atomic E-state index is 0.0985. The van der Waals surface area contributed by atoms with Crippen LogP contribution < -0.4 is 5.32 Å². The summed E-state index contributed by atoms with van der Waals surface area (Å²) in [7, 11) is -3.80. The van der Waals surface area contributed by atoms with Crippen molar-refractivity contribution < 1.29 is 13.3 Å². The number of sulfone groups is 1. The van der Waals surface area contributed by atoms with Gasteiger partial charge < -0.3 is 5.32 Å². The third-order valence-electron chi connectivity index (χ3n) is 4.81. The third kappa shape index (κ3) is 2.36. The Hall–Kier alpha value is -3.44. The maximum absolute atomic E-state index is 13.2. The summed E-state index contributed by atoms with van der Waals surface area (Å²) in [5.41, 5.74) is 2.28. The molecule has 0 saturated carbocycles. The van der Waals surface area contributed by atoms with Gasteiger partial charge in [-0.3, -0.25) is 10.1 Å². The van der Waals surface area contributed by atoms with Crippen LogP contribution in [-0.2, 0) is 9.84 Å². The zero-order valence-corrected chi connectivity index (χ0v) is 14.9. The summed E-state index contributed by atoms with van der Waals surface area (Å²) in [5.74, 6) is -0.815. The number of allylic oxidation sites excluding steroid dienone is 3. The number of rotatable bonds is 2. The number of hydrogen-bond donors (Lipinski definition) is 1. The van der Waals surface area contributed by atoms with Crippen LogP contribution >= 0.6 is 0 Å². The number of nitrogens with zero attached hydrogens (tertiary/aromatic N) is 2. The van der Waals surface area contributed by atoms with Gasteiger partial charge in [0.25, 0.3) is 5.69 Å². The lowest BCUT2D eigenvalue weighted by atomic mass is 9.86. The molecule has 27 heavy (non-hydrogen) atoms. The van der Waals surface area contributed by atoms with Gasteiger partial charge in [0, 0.05) is 23.4 Å². The Labute approximate surface area is 155 Å². The van der Waals surface area contributed by atoms with Gasteiger partial charge in [-0.25, -0.2) is 8.42 Å². The van der Waals surface area contributed by atoms with E-state index in [4.69, 9.17) is 0 Å². The molecular formula is C19H13N3O4S. The first kappa shape index (κ1) is 17.0. The monoisotopic (exact) mass is 379 g/mol. The Kier molecular flexibility index (Phi) is 3.64. The molecule has 8 heteroatoms. The number of benzene rings is 2. The first-order chi connectivity index (χ1) is 12.9. The van der Waals surface area contributed by atoms with Gasteiger partial charge in [0.2, 0.25) is 9.84 Å². The van der Waals surface area contributed by atoms with E-state index in [1.54, 1.807) is 31.2 Å². The molecule has 0 bridgehead atoms. The Morgan fingerprint density at radius 1 is 1.15 bits per heavy atom. The van der Waals surface area contributed by atoms with E-state index in [-0.39, 0.29) is 21.1 Å². The second-order valence-electron chi connectivity index (χ2n) is 6.30. The fourth-order valence-electron chi connectivity index (χ4n) is 3.58. The molecule has 0 saturated heterocycles. The minimum atomic E-state index is -3.80. The van der Waals surface area contributed by atoms with Crippen LogP contribution in [0.25, 0.3) is 5.70 Å². The highest BCUT2D eigenvalue weighted by molar-refractivity contribution is 7.96. The highest BCUT2D eigenvalue weighted by Gasteiger charge is 2.44. The summed E-state index contributed by atoms with van der Waals surface area (Å²) >= 11 is 0. The molecule has 0 radical (unpaired) electrons. The van der Waals surface area contributed by atoms with Crippen LogP contribution in [0, 0.1) is 21.4 Å². The molecule has 2 aliphatic heterocycles. The van der Waals surface area contributed by atoms with Gasteiger partial charge in [-0.05, 0) is 18.6 Å². The maximum Gasteiger partial charge on any atom is 0.269 e. The Balaban J connectivity index is 1.97. The molecule has 134 valence electrons. The van der Waals surface area contributed by atoms with Crippen molar-refractivity contribution >= 4 is 21.2 Å². The number of nitriles is 1. The molecule has 0 aliphatic carbocycles. The molecule has 0 fully saturated rings. The Morgan fingerprint density at radius 2 is 1.81 bits per heavy atom. The van der Waals surface area contributed by atoms with Crippen LogP contribution in [-0.4, -0.2) is 13.3 Å². The first-order valence-electron chi connectivity index (χ1n) is 8.07. The second kappa shape index (κ2) is 5.79. The Morgan fingerprint density at radius 3 is 2.44 bits per heavy atom. The minimum Gasteiger partial charge on any atom is -0.357 e. The van der Waals surface area contributed by atoms with Crippen molar-refractivity contribution in [1.29, 1.82) is 5.26 Å². The summed E-state index contributed by atoms with van der Waals surface area (Å²) in [6, 6.07) is 14.4.